The highest BCUT2D eigenvalue weighted by molar-refractivity contribution is 8.00. The predicted octanol–water partition coefficient (Wildman–Crippen LogP) is 1.17. The van der Waals surface area contributed by atoms with Crippen molar-refractivity contribution in [2.45, 2.75) is 18.4 Å². The summed E-state index contributed by atoms with van der Waals surface area (Å²) in [5, 5.41) is 6.06. The average Bonchev–Trinajstić information content (AvgIpc) is 2.50. The van der Waals surface area contributed by atoms with Gasteiger partial charge in [0.1, 0.15) is 0 Å². The summed E-state index contributed by atoms with van der Waals surface area (Å²) in [4.78, 5) is 22.6. The average molecular weight is 380 g/mol. The van der Waals surface area contributed by atoms with Crippen molar-refractivity contribution in [1.82, 2.24) is 10.6 Å². The first-order valence-corrected chi connectivity index (χ1v) is 8.44. The van der Waals surface area contributed by atoms with Crippen LogP contribution < -0.4 is 16.4 Å². The van der Waals surface area contributed by atoms with E-state index in [1.54, 1.807) is 6.07 Å². The molecule has 4 N–H and O–H groups in total. The van der Waals surface area contributed by atoms with Crippen molar-refractivity contribution >= 4 is 36.0 Å². The van der Waals surface area contributed by atoms with Crippen LogP contribution in [0, 0.1) is 11.6 Å². The molecule has 1 saturated heterocycles. The van der Waals surface area contributed by atoms with Crippen molar-refractivity contribution in [3.63, 3.8) is 0 Å². The van der Waals surface area contributed by atoms with Crippen molar-refractivity contribution in [2.75, 3.05) is 24.6 Å². The topological polar surface area (TPSA) is 84.2 Å². The second-order valence-corrected chi connectivity index (χ2v) is 6.39. The number of nitrogens with two attached hydrogens (primary N) is 1. The Labute approximate surface area is 149 Å². The molecule has 1 aliphatic heterocycles. The minimum absolute atomic E-state index is 0. The minimum atomic E-state index is -0.886. The zero-order valence-electron chi connectivity index (χ0n) is 12.9. The van der Waals surface area contributed by atoms with Gasteiger partial charge in [0.2, 0.25) is 11.8 Å². The van der Waals surface area contributed by atoms with Gasteiger partial charge in [-0.05, 0) is 30.7 Å². The molecule has 1 fully saturated rings. The van der Waals surface area contributed by atoms with Crippen LogP contribution in [0.1, 0.15) is 17.9 Å². The van der Waals surface area contributed by atoms with E-state index < -0.39 is 17.5 Å². The van der Waals surface area contributed by atoms with Gasteiger partial charge >= 0.3 is 0 Å². The predicted molar refractivity (Wildman–Crippen MR) is 92.3 cm³/mol. The fourth-order valence-electron chi connectivity index (χ4n) is 2.64. The van der Waals surface area contributed by atoms with Crippen LogP contribution in [0.5, 0.6) is 0 Å². The van der Waals surface area contributed by atoms with E-state index >= 15 is 0 Å². The fraction of sp³-hybridized carbons (Fsp3) is 0.467. The number of halogens is 3. The summed E-state index contributed by atoms with van der Waals surface area (Å²) in [6, 6.07) is 3.63. The van der Waals surface area contributed by atoms with Gasteiger partial charge < -0.3 is 16.4 Å². The van der Waals surface area contributed by atoms with Crippen molar-refractivity contribution < 1.29 is 18.4 Å². The van der Waals surface area contributed by atoms with Gasteiger partial charge in [0.25, 0.3) is 0 Å². The molecule has 0 saturated carbocycles. The van der Waals surface area contributed by atoms with Crippen LogP contribution in [-0.2, 0) is 9.59 Å². The van der Waals surface area contributed by atoms with Crippen LogP contribution in [-0.4, -0.2) is 42.5 Å². The molecule has 2 atom stereocenters. The maximum atomic E-state index is 13.4. The van der Waals surface area contributed by atoms with E-state index in [2.05, 4.69) is 10.6 Å². The SMILES string of the molecule is Cl.NC(=O)CSCC(=O)NC1CNCCC1c1ccc(F)c(F)c1. The molecule has 1 aliphatic rings. The maximum absolute atomic E-state index is 13.4. The summed E-state index contributed by atoms with van der Waals surface area (Å²) in [5.41, 5.74) is 5.69. The standard InChI is InChI=1S/C15H19F2N3O2S.ClH/c16-11-2-1-9(5-12(11)17)10-3-4-19-6-13(10)20-15(22)8-23-7-14(18)21;/h1-2,5,10,13,19H,3-4,6-8H2,(H2,18,21)(H,20,22);1H. The Morgan fingerprint density at radius 1 is 1.29 bits per heavy atom. The van der Waals surface area contributed by atoms with E-state index in [0.29, 0.717) is 18.5 Å². The lowest BCUT2D eigenvalue weighted by atomic mass is 9.86. The third-order valence-electron chi connectivity index (χ3n) is 3.68. The number of nitrogens with one attached hydrogen (secondary N) is 2. The van der Waals surface area contributed by atoms with E-state index in [9.17, 15) is 18.4 Å². The number of carbonyl (C=O) groups is 2. The summed E-state index contributed by atoms with van der Waals surface area (Å²) in [7, 11) is 0. The van der Waals surface area contributed by atoms with Crippen LogP contribution >= 0.6 is 24.2 Å². The number of hydrogen-bond acceptors (Lipinski definition) is 4. The first kappa shape index (κ1) is 20.7. The van der Waals surface area contributed by atoms with Crippen molar-refractivity contribution in [3.05, 3.63) is 35.4 Å². The van der Waals surface area contributed by atoms with Crippen LogP contribution in [0.15, 0.2) is 18.2 Å². The zero-order chi connectivity index (χ0) is 16.8. The molecule has 0 bridgehead atoms. The Balaban J connectivity index is 0.00000288. The Kier molecular flexibility index (Phi) is 8.44. The second-order valence-electron chi connectivity index (χ2n) is 5.41. The molecular weight excluding hydrogens is 360 g/mol. The third-order valence-corrected chi connectivity index (χ3v) is 4.63. The first-order valence-electron chi connectivity index (χ1n) is 7.28. The smallest absolute Gasteiger partial charge is 0.230 e. The quantitative estimate of drug-likeness (QED) is 0.692. The molecule has 0 spiro atoms. The third kappa shape index (κ3) is 5.92. The summed E-state index contributed by atoms with van der Waals surface area (Å²) >= 11 is 1.14. The molecular formula is C15H20ClF2N3O2S. The lowest BCUT2D eigenvalue weighted by Crippen LogP contribution is -2.50. The van der Waals surface area contributed by atoms with Crippen LogP contribution in [0.25, 0.3) is 0 Å². The number of piperidine rings is 1. The summed E-state index contributed by atoms with van der Waals surface area (Å²) in [5.74, 6) is -2.32. The molecule has 2 amide bonds. The number of thioether (sulfide) groups is 1. The van der Waals surface area contributed by atoms with Gasteiger partial charge in [-0.25, -0.2) is 8.78 Å². The lowest BCUT2D eigenvalue weighted by Gasteiger charge is -2.33. The first-order chi connectivity index (χ1) is 11.0. The Morgan fingerprint density at radius 3 is 2.71 bits per heavy atom. The number of primary amides is 1. The lowest BCUT2D eigenvalue weighted by molar-refractivity contribution is -0.119. The van der Waals surface area contributed by atoms with Crippen LogP contribution in [0.4, 0.5) is 8.78 Å². The molecule has 2 rings (SSSR count). The van der Waals surface area contributed by atoms with E-state index in [0.717, 1.165) is 24.4 Å². The molecule has 0 radical (unpaired) electrons. The van der Waals surface area contributed by atoms with E-state index in [-0.39, 0.29) is 41.8 Å². The molecule has 0 aliphatic carbocycles. The fourth-order valence-corrected chi connectivity index (χ4v) is 3.22. The number of rotatable bonds is 6. The molecule has 2 unspecified atom stereocenters. The highest BCUT2D eigenvalue weighted by Crippen LogP contribution is 2.27. The van der Waals surface area contributed by atoms with E-state index in [1.807, 2.05) is 0 Å². The Hall–Kier alpha value is -1.38. The second kappa shape index (κ2) is 9.80. The summed E-state index contributed by atoms with van der Waals surface area (Å²) in [6.07, 6.45) is 0.713. The monoisotopic (exact) mass is 379 g/mol. The molecule has 1 aromatic rings. The zero-order valence-corrected chi connectivity index (χ0v) is 14.5. The molecule has 1 aromatic carbocycles. The summed E-state index contributed by atoms with van der Waals surface area (Å²) < 4.78 is 26.5. The number of hydrogen-bond donors (Lipinski definition) is 3. The van der Waals surface area contributed by atoms with Crippen LogP contribution in [0.2, 0.25) is 0 Å². The number of benzene rings is 1. The molecule has 5 nitrogen and oxygen atoms in total. The molecule has 24 heavy (non-hydrogen) atoms. The highest BCUT2D eigenvalue weighted by Gasteiger charge is 2.28. The number of amides is 2. The van der Waals surface area contributed by atoms with Gasteiger partial charge in [-0.3, -0.25) is 9.59 Å². The highest BCUT2D eigenvalue weighted by atomic mass is 35.5. The van der Waals surface area contributed by atoms with Gasteiger partial charge in [0.05, 0.1) is 11.5 Å². The molecule has 1 heterocycles. The van der Waals surface area contributed by atoms with Crippen LogP contribution in [0.3, 0.4) is 0 Å². The van der Waals surface area contributed by atoms with Gasteiger partial charge in [-0.1, -0.05) is 6.07 Å². The maximum Gasteiger partial charge on any atom is 0.230 e. The Bertz CT molecular complexity index is 592. The van der Waals surface area contributed by atoms with Gasteiger partial charge in [-0.15, -0.1) is 24.2 Å². The normalized spacial score (nSPS) is 20.1. The van der Waals surface area contributed by atoms with E-state index in [4.69, 9.17) is 5.73 Å². The van der Waals surface area contributed by atoms with Crippen molar-refractivity contribution in [3.8, 4) is 0 Å². The van der Waals surface area contributed by atoms with Gasteiger partial charge in [0.15, 0.2) is 11.6 Å². The number of carbonyl (C=O) groups excluding carboxylic acids is 2. The van der Waals surface area contributed by atoms with Gasteiger partial charge in [-0.2, -0.15) is 0 Å². The minimum Gasteiger partial charge on any atom is -0.369 e. The summed E-state index contributed by atoms with van der Waals surface area (Å²) in [6.45, 7) is 1.29. The Morgan fingerprint density at radius 2 is 2.04 bits per heavy atom. The van der Waals surface area contributed by atoms with Gasteiger partial charge in [0, 0.05) is 18.5 Å². The molecule has 134 valence electrons. The molecule has 9 heteroatoms. The van der Waals surface area contributed by atoms with Crippen molar-refractivity contribution in [2.24, 2.45) is 5.73 Å². The molecule has 0 aromatic heterocycles. The largest absolute Gasteiger partial charge is 0.369 e. The van der Waals surface area contributed by atoms with Crippen molar-refractivity contribution in [1.29, 1.82) is 0 Å². The van der Waals surface area contributed by atoms with E-state index in [1.165, 1.54) is 6.07 Å².